The van der Waals surface area contributed by atoms with Gasteiger partial charge in [0.1, 0.15) is 5.82 Å². The minimum atomic E-state index is -4.50. The van der Waals surface area contributed by atoms with Crippen molar-refractivity contribution < 1.29 is 32.2 Å². The Morgan fingerprint density at radius 2 is 1.90 bits per heavy atom. The third-order valence-corrected chi connectivity index (χ3v) is 3.80. The number of rotatable bonds is 9. The maximum absolute atomic E-state index is 12.4. The predicted molar refractivity (Wildman–Crippen MR) is 106 cm³/mol. The zero-order valence-corrected chi connectivity index (χ0v) is 17.2. The number of nitrogens with one attached hydrogen (secondary N) is 2. The van der Waals surface area contributed by atoms with Crippen molar-refractivity contribution in [3.8, 4) is 11.6 Å². The molecule has 0 spiro atoms. The van der Waals surface area contributed by atoms with E-state index in [0.717, 1.165) is 0 Å². The van der Waals surface area contributed by atoms with E-state index in [0.29, 0.717) is 5.56 Å². The second-order valence-electron chi connectivity index (χ2n) is 6.74. The molecule has 0 radical (unpaired) electrons. The first-order valence-electron chi connectivity index (χ1n) is 9.45. The first-order valence-corrected chi connectivity index (χ1v) is 9.45. The summed E-state index contributed by atoms with van der Waals surface area (Å²) in [6.07, 6.45) is -1.82. The first-order chi connectivity index (χ1) is 14.6. The van der Waals surface area contributed by atoms with Crippen molar-refractivity contribution in [3.63, 3.8) is 0 Å². The van der Waals surface area contributed by atoms with Gasteiger partial charge in [-0.1, -0.05) is 13.8 Å². The molecule has 0 atom stereocenters. The number of hydrogen-bond acceptors (Lipinski definition) is 6. The van der Waals surface area contributed by atoms with Gasteiger partial charge in [0.15, 0.2) is 12.4 Å². The van der Waals surface area contributed by atoms with Crippen molar-refractivity contribution in [2.75, 3.05) is 18.5 Å². The summed E-state index contributed by atoms with van der Waals surface area (Å²) in [4.78, 5) is 32.1. The molecule has 2 heterocycles. The Hall–Kier alpha value is -3.37. The van der Waals surface area contributed by atoms with E-state index in [9.17, 15) is 22.8 Å². The van der Waals surface area contributed by atoms with Gasteiger partial charge in [0, 0.05) is 30.4 Å². The lowest BCUT2D eigenvalue weighted by molar-refractivity contribution is -0.154. The minimum Gasteiger partial charge on any atom is -0.488 e. The van der Waals surface area contributed by atoms with E-state index < -0.39 is 18.7 Å². The van der Waals surface area contributed by atoms with E-state index in [2.05, 4.69) is 25.3 Å². The number of pyridine rings is 2. The smallest absolute Gasteiger partial charge is 0.422 e. The van der Waals surface area contributed by atoms with Gasteiger partial charge in [0.05, 0.1) is 6.61 Å². The molecule has 0 aromatic carbocycles. The highest BCUT2D eigenvalue weighted by Crippen LogP contribution is 2.27. The Labute approximate surface area is 177 Å². The van der Waals surface area contributed by atoms with Gasteiger partial charge in [-0.15, -0.1) is 0 Å². The zero-order valence-electron chi connectivity index (χ0n) is 17.2. The van der Waals surface area contributed by atoms with Crippen molar-refractivity contribution in [2.45, 2.75) is 33.5 Å². The van der Waals surface area contributed by atoms with Crippen LogP contribution in [0.3, 0.4) is 0 Å². The zero-order chi connectivity index (χ0) is 23.0. The average molecular weight is 440 g/mol. The Kier molecular flexibility index (Phi) is 8.17. The van der Waals surface area contributed by atoms with Crippen LogP contribution >= 0.6 is 0 Å². The number of anilines is 1. The van der Waals surface area contributed by atoms with Gasteiger partial charge in [-0.2, -0.15) is 13.2 Å². The molecule has 8 nitrogen and oxygen atoms in total. The van der Waals surface area contributed by atoms with Crippen LogP contribution in [0, 0.1) is 5.92 Å². The van der Waals surface area contributed by atoms with Crippen molar-refractivity contribution in [1.29, 1.82) is 0 Å². The Morgan fingerprint density at radius 1 is 1.16 bits per heavy atom. The Morgan fingerprint density at radius 3 is 2.55 bits per heavy atom. The topological polar surface area (TPSA) is 102 Å². The normalized spacial score (nSPS) is 11.2. The van der Waals surface area contributed by atoms with Crippen LogP contribution in [0.5, 0.6) is 11.6 Å². The summed E-state index contributed by atoms with van der Waals surface area (Å²) in [6.45, 7) is 3.88. The van der Waals surface area contributed by atoms with Crippen molar-refractivity contribution >= 4 is 17.6 Å². The van der Waals surface area contributed by atoms with Gasteiger partial charge >= 0.3 is 6.18 Å². The lowest BCUT2D eigenvalue weighted by Crippen LogP contribution is -2.24. The molecule has 0 aliphatic carbocycles. The summed E-state index contributed by atoms with van der Waals surface area (Å²) in [5.74, 6) is -0.896. The maximum atomic E-state index is 12.4. The molecule has 31 heavy (non-hydrogen) atoms. The number of hydrogen-bond donors (Lipinski definition) is 2. The molecule has 0 unspecified atom stereocenters. The number of ether oxygens (including phenoxy) is 2. The third-order valence-electron chi connectivity index (χ3n) is 3.80. The first kappa shape index (κ1) is 23.9. The standard InChI is InChI=1S/C20H23F3N4O4/c1-4-30-15-7-13(10-26-19(15)31-11-20(21,22)23)9-25-18(29)14-5-6-24-16(8-14)27-17(28)12(2)3/h5-8,10,12H,4,9,11H2,1-3H3,(H,25,29)(H,24,27,28). The Bertz CT molecular complexity index is 920. The molecule has 0 bridgehead atoms. The summed E-state index contributed by atoms with van der Waals surface area (Å²) in [7, 11) is 0. The monoisotopic (exact) mass is 440 g/mol. The van der Waals surface area contributed by atoms with Crippen LogP contribution in [0.15, 0.2) is 30.6 Å². The van der Waals surface area contributed by atoms with Crippen LogP contribution < -0.4 is 20.1 Å². The van der Waals surface area contributed by atoms with Crippen LogP contribution in [0.4, 0.5) is 19.0 Å². The molecule has 0 saturated carbocycles. The van der Waals surface area contributed by atoms with E-state index in [4.69, 9.17) is 4.74 Å². The molecule has 0 aliphatic rings. The van der Waals surface area contributed by atoms with E-state index in [1.54, 1.807) is 20.8 Å². The van der Waals surface area contributed by atoms with E-state index in [-0.39, 0.29) is 48.0 Å². The predicted octanol–water partition coefficient (Wildman–Crippen LogP) is 3.34. The molecule has 2 rings (SSSR count). The molecular weight excluding hydrogens is 417 g/mol. The molecule has 2 amide bonds. The van der Waals surface area contributed by atoms with E-state index in [1.165, 1.54) is 30.6 Å². The van der Waals surface area contributed by atoms with E-state index in [1.807, 2.05) is 0 Å². The highest BCUT2D eigenvalue weighted by Gasteiger charge is 2.29. The summed E-state index contributed by atoms with van der Waals surface area (Å²) in [5.41, 5.74) is 0.774. The molecule has 0 saturated heterocycles. The fourth-order valence-electron chi connectivity index (χ4n) is 2.28. The largest absolute Gasteiger partial charge is 0.488 e. The molecule has 2 aromatic heterocycles. The molecule has 168 valence electrons. The van der Waals surface area contributed by atoms with Crippen LogP contribution in [0.25, 0.3) is 0 Å². The van der Waals surface area contributed by atoms with Crippen LogP contribution in [-0.4, -0.2) is 41.2 Å². The number of halogens is 3. The van der Waals surface area contributed by atoms with Crippen LogP contribution in [0.1, 0.15) is 36.7 Å². The van der Waals surface area contributed by atoms with Gasteiger partial charge in [0.25, 0.3) is 11.8 Å². The number of carbonyl (C=O) groups excluding carboxylic acids is 2. The number of nitrogens with zero attached hydrogens (tertiary/aromatic N) is 2. The SMILES string of the molecule is CCOc1cc(CNC(=O)c2ccnc(NC(=O)C(C)C)c2)cnc1OCC(F)(F)F. The average Bonchev–Trinajstić information content (AvgIpc) is 2.71. The molecule has 2 aromatic rings. The number of amides is 2. The van der Waals surface area contributed by atoms with Crippen molar-refractivity contribution in [1.82, 2.24) is 15.3 Å². The van der Waals surface area contributed by atoms with Crippen LogP contribution in [-0.2, 0) is 11.3 Å². The number of carbonyl (C=O) groups is 2. The maximum Gasteiger partial charge on any atom is 0.422 e. The highest BCUT2D eigenvalue weighted by atomic mass is 19.4. The fraction of sp³-hybridized carbons (Fsp3) is 0.400. The summed E-state index contributed by atoms with van der Waals surface area (Å²) in [6, 6.07) is 4.37. The number of alkyl halides is 3. The van der Waals surface area contributed by atoms with Gasteiger partial charge in [-0.3, -0.25) is 9.59 Å². The third kappa shape index (κ3) is 7.76. The number of aromatic nitrogens is 2. The van der Waals surface area contributed by atoms with Crippen LogP contribution in [0.2, 0.25) is 0 Å². The molecule has 2 N–H and O–H groups in total. The van der Waals surface area contributed by atoms with Crippen molar-refractivity contribution in [3.05, 3.63) is 41.7 Å². The molecular formula is C20H23F3N4O4. The van der Waals surface area contributed by atoms with Gasteiger partial charge < -0.3 is 20.1 Å². The lowest BCUT2D eigenvalue weighted by atomic mass is 10.2. The van der Waals surface area contributed by atoms with Crippen molar-refractivity contribution in [2.24, 2.45) is 5.92 Å². The fourth-order valence-corrected chi connectivity index (χ4v) is 2.28. The quantitative estimate of drug-likeness (QED) is 0.620. The second kappa shape index (κ2) is 10.6. The summed E-state index contributed by atoms with van der Waals surface area (Å²) < 4.78 is 47.1. The van der Waals surface area contributed by atoms with Gasteiger partial charge in [-0.25, -0.2) is 9.97 Å². The van der Waals surface area contributed by atoms with Gasteiger partial charge in [0.2, 0.25) is 5.91 Å². The molecule has 0 aliphatic heterocycles. The molecule has 11 heteroatoms. The Balaban J connectivity index is 2.04. The van der Waals surface area contributed by atoms with Gasteiger partial charge in [-0.05, 0) is 30.7 Å². The summed E-state index contributed by atoms with van der Waals surface area (Å²) >= 11 is 0. The highest BCUT2D eigenvalue weighted by molar-refractivity contribution is 5.96. The molecule has 0 fully saturated rings. The lowest BCUT2D eigenvalue weighted by Gasteiger charge is -2.14. The summed E-state index contributed by atoms with van der Waals surface area (Å²) in [5, 5.41) is 5.28. The van der Waals surface area contributed by atoms with E-state index >= 15 is 0 Å². The second-order valence-corrected chi connectivity index (χ2v) is 6.74. The minimum absolute atomic E-state index is 0.0427.